The van der Waals surface area contributed by atoms with Gasteiger partial charge in [0.1, 0.15) is 5.82 Å². The Morgan fingerprint density at radius 3 is 2.32 bits per heavy atom. The van der Waals surface area contributed by atoms with Crippen LogP contribution < -0.4 is 0 Å². The molecule has 2 aromatic heterocycles. The lowest BCUT2D eigenvalue weighted by Crippen LogP contribution is -2.58. The number of aromatic amines is 1. The van der Waals surface area contributed by atoms with E-state index in [4.69, 9.17) is 14.5 Å². The number of imidazole rings is 1. The molecule has 5 rings (SSSR count). The average Bonchev–Trinajstić information content (AvgIpc) is 3.32. The number of benzene rings is 1. The first-order chi connectivity index (χ1) is 16.5. The molecule has 0 aliphatic carbocycles. The van der Waals surface area contributed by atoms with Gasteiger partial charge in [0, 0.05) is 55.6 Å². The lowest BCUT2D eigenvalue weighted by Gasteiger charge is -2.41. The van der Waals surface area contributed by atoms with E-state index in [0.717, 1.165) is 18.7 Å². The topological polar surface area (TPSA) is 83.6 Å². The fraction of sp³-hybridized carbons (Fsp3) is 0.400. The Morgan fingerprint density at radius 1 is 1.03 bits per heavy atom. The van der Waals surface area contributed by atoms with Crippen LogP contribution in [0, 0.1) is 11.7 Å². The molecular weight excluding hydrogens is 437 g/mol. The molecular formula is C25H28FN5O3. The van der Waals surface area contributed by atoms with Crippen LogP contribution in [0.4, 0.5) is 4.39 Å². The number of nitrogens with zero attached hydrogens (tertiary/aromatic N) is 4. The Morgan fingerprint density at radius 2 is 1.68 bits per heavy atom. The summed E-state index contributed by atoms with van der Waals surface area (Å²) in [6.45, 7) is 5.48. The third-order valence-corrected chi connectivity index (χ3v) is 6.32. The van der Waals surface area contributed by atoms with E-state index in [-0.39, 0.29) is 23.5 Å². The summed E-state index contributed by atoms with van der Waals surface area (Å²) in [5.74, 6) is -1.82. The maximum absolute atomic E-state index is 13.9. The summed E-state index contributed by atoms with van der Waals surface area (Å²) in [5.41, 5.74) is 2.81. The van der Waals surface area contributed by atoms with E-state index >= 15 is 0 Å². The number of amides is 1. The van der Waals surface area contributed by atoms with Gasteiger partial charge in [0.25, 0.3) is 5.91 Å². The van der Waals surface area contributed by atoms with Crippen LogP contribution in [0.1, 0.15) is 12.7 Å². The van der Waals surface area contributed by atoms with Gasteiger partial charge in [-0.3, -0.25) is 9.78 Å². The first kappa shape index (κ1) is 22.6. The molecule has 2 fully saturated rings. The number of halogens is 1. The van der Waals surface area contributed by atoms with Crippen molar-refractivity contribution in [3.8, 4) is 22.5 Å². The molecule has 0 radical (unpaired) electrons. The van der Waals surface area contributed by atoms with Gasteiger partial charge in [-0.2, -0.15) is 0 Å². The molecule has 2 aliphatic heterocycles. The molecule has 0 bridgehead atoms. The zero-order chi connectivity index (χ0) is 23.7. The minimum atomic E-state index is -1.66. The van der Waals surface area contributed by atoms with Gasteiger partial charge < -0.3 is 24.3 Å². The molecule has 2 saturated heterocycles. The summed E-state index contributed by atoms with van der Waals surface area (Å²) in [6, 6.07) is 9.81. The molecule has 34 heavy (non-hydrogen) atoms. The van der Waals surface area contributed by atoms with Crippen LogP contribution in [0.25, 0.3) is 22.5 Å². The average molecular weight is 466 g/mol. The van der Waals surface area contributed by atoms with Crippen LogP contribution in [-0.2, 0) is 20.1 Å². The van der Waals surface area contributed by atoms with Crippen LogP contribution in [0.2, 0.25) is 0 Å². The second-order valence-corrected chi connectivity index (χ2v) is 8.99. The summed E-state index contributed by atoms with van der Waals surface area (Å²) < 4.78 is 26.0. The monoisotopic (exact) mass is 465 g/mol. The summed E-state index contributed by atoms with van der Waals surface area (Å²) in [5, 5.41) is 0. The third-order valence-electron chi connectivity index (χ3n) is 6.32. The molecule has 1 aromatic carbocycles. The summed E-state index contributed by atoms with van der Waals surface area (Å²) in [6.07, 6.45) is 3.37. The number of aromatic nitrogens is 3. The Balaban J connectivity index is 1.61. The van der Waals surface area contributed by atoms with E-state index in [1.807, 2.05) is 26.1 Å². The Kier molecular flexibility index (Phi) is 6.16. The van der Waals surface area contributed by atoms with Gasteiger partial charge in [-0.05, 0) is 43.4 Å². The van der Waals surface area contributed by atoms with Gasteiger partial charge in [0.15, 0.2) is 5.82 Å². The predicted molar refractivity (Wildman–Crippen MR) is 124 cm³/mol. The summed E-state index contributed by atoms with van der Waals surface area (Å²) in [4.78, 5) is 30.1. The molecule has 0 unspecified atom stereocenters. The molecule has 1 amide bonds. The Bertz CT molecular complexity index is 1140. The Hall–Kier alpha value is -3.14. The van der Waals surface area contributed by atoms with Crippen molar-refractivity contribution in [3.05, 3.63) is 60.4 Å². The molecule has 8 nitrogen and oxygen atoms in total. The number of nitrogens with one attached hydrogen (secondary N) is 1. The first-order valence-corrected chi connectivity index (χ1v) is 11.5. The van der Waals surface area contributed by atoms with Crippen LogP contribution >= 0.6 is 0 Å². The number of hydrogen-bond donors (Lipinski definition) is 1. The molecule has 9 heteroatoms. The number of carbonyl (C=O) groups is 1. The molecule has 0 saturated carbocycles. The fourth-order valence-corrected chi connectivity index (χ4v) is 4.26. The number of piperazine rings is 1. The van der Waals surface area contributed by atoms with Crippen molar-refractivity contribution in [1.29, 1.82) is 0 Å². The number of ether oxygens (including phenoxy) is 2. The number of hydrogen-bond acceptors (Lipinski definition) is 6. The SMILES string of the molecule is CC1COC(C(=O)N2CCN(C)CC2)(c2nc(-c3ccc(F)cc3)c(-c3ccncc3)[nH]2)OC1. The van der Waals surface area contributed by atoms with Gasteiger partial charge in [0.2, 0.25) is 0 Å². The summed E-state index contributed by atoms with van der Waals surface area (Å²) in [7, 11) is 2.04. The van der Waals surface area contributed by atoms with Crippen molar-refractivity contribution in [1.82, 2.24) is 24.8 Å². The molecule has 3 aromatic rings. The van der Waals surface area contributed by atoms with Gasteiger partial charge >= 0.3 is 5.79 Å². The van der Waals surface area contributed by atoms with Gasteiger partial charge in [-0.25, -0.2) is 9.37 Å². The van der Waals surface area contributed by atoms with Gasteiger partial charge in [-0.1, -0.05) is 6.92 Å². The van der Waals surface area contributed by atoms with Crippen molar-refractivity contribution in [2.75, 3.05) is 46.4 Å². The Labute approximate surface area is 197 Å². The van der Waals surface area contributed by atoms with E-state index in [9.17, 15) is 9.18 Å². The normalized spacial score (nSPS) is 23.7. The lowest BCUT2D eigenvalue weighted by molar-refractivity contribution is -0.284. The number of H-pyrrole nitrogens is 1. The fourth-order valence-electron chi connectivity index (χ4n) is 4.26. The maximum Gasteiger partial charge on any atom is 0.310 e. The van der Waals surface area contributed by atoms with Crippen molar-refractivity contribution in [2.24, 2.45) is 5.92 Å². The standard InChI is InChI=1S/C25H28FN5O3/c1-17-15-33-25(34-16-17,24(32)31-13-11-30(2)12-14-31)23-28-21(18-3-5-20(26)6-4-18)22(29-23)19-7-9-27-10-8-19/h3-10,17H,11-16H2,1-2H3,(H,28,29). The largest absolute Gasteiger partial charge is 0.336 e. The van der Waals surface area contributed by atoms with Gasteiger partial charge in [-0.15, -0.1) is 0 Å². The van der Waals surface area contributed by atoms with Gasteiger partial charge in [0.05, 0.1) is 24.6 Å². The van der Waals surface area contributed by atoms with Crippen molar-refractivity contribution < 1.29 is 18.7 Å². The molecule has 0 atom stereocenters. The van der Waals surface area contributed by atoms with E-state index in [2.05, 4.69) is 14.9 Å². The maximum atomic E-state index is 13.9. The molecule has 178 valence electrons. The smallest absolute Gasteiger partial charge is 0.310 e. The highest BCUT2D eigenvalue weighted by Crippen LogP contribution is 2.38. The molecule has 4 heterocycles. The third kappa shape index (κ3) is 4.22. The number of likely N-dealkylation sites (N-methyl/N-ethyl adjacent to an activating group) is 1. The number of rotatable bonds is 4. The lowest BCUT2D eigenvalue weighted by atomic mass is 10.1. The molecule has 0 spiro atoms. The second kappa shape index (κ2) is 9.25. The van der Waals surface area contributed by atoms with E-state index < -0.39 is 5.79 Å². The van der Waals surface area contributed by atoms with Crippen LogP contribution in [0.5, 0.6) is 0 Å². The van der Waals surface area contributed by atoms with Crippen molar-refractivity contribution in [2.45, 2.75) is 12.7 Å². The second-order valence-electron chi connectivity index (χ2n) is 8.99. The highest BCUT2D eigenvalue weighted by molar-refractivity contribution is 5.86. The summed E-state index contributed by atoms with van der Waals surface area (Å²) >= 11 is 0. The van der Waals surface area contributed by atoms with E-state index in [1.54, 1.807) is 29.4 Å². The van der Waals surface area contributed by atoms with E-state index in [1.165, 1.54) is 12.1 Å². The van der Waals surface area contributed by atoms with Crippen molar-refractivity contribution in [3.63, 3.8) is 0 Å². The first-order valence-electron chi connectivity index (χ1n) is 11.5. The van der Waals surface area contributed by atoms with E-state index in [0.29, 0.717) is 43.3 Å². The zero-order valence-electron chi connectivity index (χ0n) is 19.3. The number of carbonyl (C=O) groups excluding carboxylic acids is 1. The van der Waals surface area contributed by atoms with Crippen LogP contribution in [0.3, 0.4) is 0 Å². The van der Waals surface area contributed by atoms with Crippen molar-refractivity contribution >= 4 is 5.91 Å². The van der Waals surface area contributed by atoms with Crippen LogP contribution in [-0.4, -0.2) is 77.1 Å². The number of pyridine rings is 1. The highest BCUT2D eigenvalue weighted by atomic mass is 19.1. The molecule has 2 aliphatic rings. The predicted octanol–water partition coefficient (Wildman–Crippen LogP) is 2.89. The minimum Gasteiger partial charge on any atom is -0.336 e. The zero-order valence-corrected chi connectivity index (χ0v) is 19.3. The minimum absolute atomic E-state index is 0.152. The highest BCUT2D eigenvalue weighted by Gasteiger charge is 2.51. The molecule has 1 N–H and O–H groups in total. The quantitative estimate of drug-likeness (QED) is 0.638. The van der Waals surface area contributed by atoms with Crippen LogP contribution in [0.15, 0.2) is 48.8 Å².